The van der Waals surface area contributed by atoms with Crippen molar-refractivity contribution in [3.05, 3.63) is 0 Å². The SMILES string of the molecule is CCCCN1CCC(NC(=NCCN(CC)CCC)NCC)CC1.I. The maximum Gasteiger partial charge on any atom is 0.191 e. The molecule has 1 aliphatic rings. The summed E-state index contributed by atoms with van der Waals surface area (Å²) in [4.78, 5) is 9.86. The number of nitrogens with one attached hydrogen (secondary N) is 2. The summed E-state index contributed by atoms with van der Waals surface area (Å²) >= 11 is 0. The van der Waals surface area contributed by atoms with Crippen LogP contribution < -0.4 is 10.6 Å². The highest BCUT2D eigenvalue weighted by Gasteiger charge is 2.19. The van der Waals surface area contributed by atoms with Crippen molar-refractivity contribution in [3.8, 4) is 0 Å². The van der Waals surface area contributed by atoms with Gasteiger partial charge in [-0.2, -0.15) is 0 Å². The Balaban J connectivity index is 0.00000576. The van der Waals surface area contributed by atoms with E-state index in [9.17, 15) is 0 Å². The number of unbranched alkanes of at least 4 members (excludes halogenated alkanes) is 1. The van der Waals surface area contributed by atoms with E-state index >= 15 is 0 Å². The van der Waals surface area contributed by atoms with Crippen molar-refractivity contribution in [2.45, 2.75) is 65.8 Å². The van der Waals surface area contributed by atoms with Gasteiger partial charge in [-0.3, -0.25) is 4.99 Å². The van der Waals surface area contributed by atoms with Crippen molar-refractivity contribution >= 4 is 29.9 Å². The van der Waals surface area contributed by atoms with E-state index in [1.165, 1.54) is 58.3 Å². The molecule has 1 heterocycles. The summed E-state index contributed by atoms with van der Waals surface area (Å²) in [6.07, 6.45) is 6.29. The first kappa shape index (κ1) is 24.9. The van der Waals surface area contributed by atoms with Crippen molar-refractivity contribution in [3.63, 3.8) is 0 Å². The first-order valence-electron chi connectivity index (χ1n) is 10.2. The highest BCUT2D eigenvalue weighted by Crippen LogP contribution is 2.11. The number of hydrogen-bond donors (Lipinski definition) is 2. The summed E-state index contributed by atoms with van der Waals surface area (Å²) in [5.41, 5.74) is 0. The van der Waals surface area contributed by atoms with Gasteiger partial charge in [0.2, 0.25) is 0 Å². The van der Waals surface area contributed by atoms with E-state index in [0.717, 1.165) is 32.1 Å². The lowest BCUT2D eigenvalue weighted by atomic mass is 10.0. The largest absolute Gasteiger partial charge is 0.357 e. The number of likely N-dealkylation sites (N-methyl/N-ethyl adjacent to an activating group) is 1. The average Bonchev–Trinajstić information content (AvgIpc) is 2.60. The van der Waals surface area contributed by atoms with Gasteiger partial charge < -0.3 is 20.4 Å². The van der Waals surface area contributed by atoms with Crippen LogP contribution in [0.25, 0.3) is 0 Å². The van der Waals surface area contributed by atoms with E-state index in [4.69, 9.17) is 4.99 Å². The Labute approximate surface area is 173 Å². The first-order chi connectivity index (χ1) is 11.7. The van der Waals surface area contributed by atoms with Gasteiger partial charge in [-0.15, -0.1) is 24.0 Å². The van der Waals surface area contributed by atoms with Crippen LogP contribution in [0.3, 0.4) is 0 Å². The van der Waals surface area contributed by atoms with E-state index in [-0.39, 0.29) is 24.0 Å². The quantitative estimate of drug-likeness (QED) is 0.278. The van der Waals surface area contributed by atoms with Crippen molar-refractivity contribution < 1.29 is 0 Å². The van der Waals surface area contributed by atoms with Gasteiger partial charge in [0.25, 0.3) is 0 Å². The molecule has 0 unspecified atom stereocenters. The van der Waals surface area contributed by atoms with Crippen LogP contribution in [0.2, 0.25) is 0 Å². The van der Waals surface area contributed by atoms with Crippen LogP contribution in [0, 0.1) is 0 Å². The molecule has 0 aromatic heterocycles. The maximum atomic E-state index is 4.79. The molecule has 0 aromatic carbocycles. The Hall–Kier alpha value is -0.0800. The molecule has 0 radical (unpaired) electrons. The number of hydrogen-bond acceptors (Lipinski definition) is 3. The molecule has 2 N–H and O–H groups in total. The van der Waals surface area contributed by atoms with Gasteiger partial charge >= 0.3 is 0 Å². The van der Waals surface area contributed by atoms with E-state index in [2.05, 4.69) is 48.1 Å². The number of halogens is 1. The molecule has 0 aliphatic carbocycles. The Bertz CT molecular complexity index is 330. The minimum atomic E-state index is 0. The topological polar surface area (TPSA) is 42.9 Å². The van der Waals surface area contributed by atoms with Gasteiger partial charge in [0.15, 0.2) is 5.96 Å². The highest BCUT2D eigenvalue weighted by atomic mass is 127. The smallest absolute Gasteiger partial charge is 0.191 e. The lowest BCUT2D eigenvalue weighted by Crippen LogP contribution is -2.49. The lowest BCUT2D eigenvalue weighted by Gasteiger charge is -2.33. The fourth-order valence-electron chi connectivity index (χ4n) is 3.24. The molecule has 150 valence electrons. The third-order valence-corrected chi connectivity index (χ3v) is 4.77. The summed E-state index contributed by atoms with van der Waals surface area (Å²) in [5, 5.41) is 7.06. The highest BCUT2D eigenvalue weighted by molar-refractivity contribution is 14.0. The molecule has 5 nitrogen and oxygen atoms in total. The summed E-state index contributed by atoms with van der Waals surface area (Å²) < 4.78 is 0. The predicted octanol–water partition coefficient (Wildman–Crippen LogP) is 3.16. The van der Waals surface area contributed by atoms with Gasteiger partial charge in [-0.25, -0.2) is 0 Å². The number of nitrogens with zero attached hydrogens (tertiary/aromatic N) is 3. The van der Waals surface area contributed by atoms with Crippen LogP contribution in [-0.2, 0) is 0 Å². The molecule has 6 heteroatoms. The van der Waals surface area contributed by atoms with Gasteiger partial charge in [0.05, 0.1) is 6.54 Å². The second kappa shape index (κ2) is 16.1. The van der Waals surface area contributed by atoms with Crippen molar-refractivity contribution in [2.24, 2.45) is 4.99 Å². The molecule has 1 saturated heterocycles. The van der Waals surface area contributed by atoms with Crippen LogP contribution in [0.4, 0.5) is 0 Å². The minimum Gasteiger partial charge on any atom is -0.357 e. The van der Waals surface area contributed by atoms with E-state index in [1.54, 1.807) is 0 Å². The second-order valence-corrected chi connectivity index (χ2v) is 6.81. The Kier molecular flexibility index (Phi) is 16.1. The summed E-state index contributed by atoms with van der Waals surface area (Å²) in [7, 11) is 0. The van der Waals surface area contributed by atoms with E-state index in [0.29, 0.717) is 6.04 Å². The number of rotatable bonds is 11. The van der Waals surface area contributed by atoms with E-state index in [1.807, 2.05) is 0 Å². The first-order valence-corrected chi connectivity index (χ1v) is 10.2. The number of aliphatic imine (C=N–C) groups is 1. The minimum absolute atomic E-state index is 0. The third-order valence-electron chi connectivity index (χ3n) is 4.77. The Morgan fingerprint density at radius 3 is 2.36 bits per heavy atom. The normalized spacial score (nSPS) is 16.8. The molecule has 0 aromatic rings. The van der Waals surface area contributed by atoms with Crippen LogP contribution in [0.15, 0.2) is 4.99 Å². The fraction of sp³-hybridized carbons (Fsp3) is 0.947. The molecule has 0 spiro atoms. The molecular weight excluding hydrogens is 425 g/mol. The van der Waals surface area contributed by atoms with Gasteiger partial charge in [0.1, 0.15) is 0 Å². The van der Waals surface area contributed by atoms with Gasteiger partial charge in [-0.1, -0.05) is 27.2 Å². The molecule has 25 heavy (non-hydrogen) atoms. The van der Waals surface area contributed by atoms with Crippen LogP contribution >= 0.6 is 24.0 Å². The third kappa shape index (κ3) is 11.3. The molecular formula is C19H42IN5. The number of piperidine rings is 1. The Morgan fingerprint density at radius 2 is 1.80 bits per heavy atom. The average molecular weight is 467 g/mol. The molecule has 1 fully saturated rings. The predicted molar refractivity (Wildman–Crippen MR) is 121 cm³/mol. The van der Waals surface area contributed by atoms with Crippen LogP contribution in [0.5, 0.6) is 0 Å². The summed E-state index contributed by atoms with van der Waals surface area (Å²) in [5.74, 6) is 0.997. The second-order valence-electron chi connectivity index (χ2n) is 6.81. The Morgan fingerprint density at radius 1 is 1.08 bits per heavy atom. The molecule has 0 bridgehead atoms. The molecule has 1 aliphatic heterocycles. The van der Waals surface area contributed by atoms with Crippen molar-refractivity contribution in [1.29, 1.82) is 0 Å². The van der Waals surface area contributed by atoms with Crippen molar-refractivity contribution in [2.75, 3.05) is 52.4 Å². The van der Waals surface area contributed by atoms with Crippen LogP contribution in [-0.4, -0.2) is 74.2 Å². The molecule has 0 atom stereocenters. The zero-order valence-corrected chi connectivity index (χ0v) is 19.3. The molecule has 0 amide bonds. The molecule has 0 saturated carbocycles. The van der Waals surface area contributed by atoms with Gasteiger partial charge in [0, 0.05) is 32.2 Å². The lowest BCUT2D eigenvalue weighted by molar-refractivity contribution is 0.203. The van der Waals surface area contributed by atoms with Crippen molar-refractivity contribution in [1.82, 2.24) is 20.4 Å². The fourth-order valence-corrected chi connectivity index (χ4v) is 3.24. The molecule has 1 rings (SSSR count). The standard InChI is InChI=1S/C19H41N5.HI/c1-5-9-14-24-15-10-18(11-16-24)22-19(20-7-3)21-12-17-23(8-4)13-6-2;/h18H,5-17H2,1-4H3,(H2,20,21,22);1H. The zero-order valence-electron chi connectivity index (χ0n) is 17.0. The monoisotopic (exact) mass is 467 g/mol. The zero-order chi connectivity index (χ0) is 17.6. The van der Waals surface area contributed by atoms with Crippen LogP contribution in [0.1, 0.15) is 59.8 Å². The number of guanidine groups is 1. The maximum absolute atomic E-state index is 4.79. The summed E-state index contributed by atoms with van der Waals surface area (Å²) in [6.45, 7) is 17.7. The van der Waals surface area contributed by atoms with Gasteiger partial charge in [-0.05, 0) is 52.2 Å². The van der Waals surface area contributed by atoms with E-state index < -0.39 is 0 Å². The summed E-state index contributed by atoms with van der Waals surface area (Å²) in [6, 6.07) is 0.568. The number of likely N-dealkylation sites (tertiary alicyclic amines) is 1.